The minimum atomic E-state index is 0. The van der Waals surface area contributed by atoms with E-state index in [0.29, 0.717) is 12.5 Å². The highest BCUT2D eigenvalue weighted by Gasteiger charge is 2.31. The quantitative estimate of drug-likeness (QED) is 0.799. The summed E-state index contributed by atoms with van der Waals surface area (Å²) >= 11 is 0. The number of halogens is 2. The second-order valence-corrected chi connectivity index (χ2v) is 5.58. The zero-order valence-corrected chi connectivity index (χ0v) is 14.1. The SMILES string of the molecule is Cc1nc2ccc(NC(=O)[C@@H]3CCC[C@@H]3CN)cc2[nH]1.Cl.Cl. The molecule has 0 bridgehead atoms. The molecule has 4 N–H and O–H groups in total. The third-order valence-corrected chi connectivity index (χ3v) is 4.17. The van der Waals surface area contributed by atoms with E-state index in [1.54, 1.807) is 0 Å². The summed E-state index contributed by atoms with van der Waals surface area (Å²) in [5.74, 6) is 1.35. The van der Waals surface area contributed by atoms with Gasteiger partial charge in [0.25, 0.3) is 0 Å². The molecule has 0 aliphatic heterocycles. The van der Waals surface area contributed by atoms with Crippen LogP contribution in [0.25, 0.3) is 11.0 Å². The summed E-state index contributed by atoms with van der Waals surface area (Å²) in [4.78, 5) is 19.9. The Bertz CT molecular complexity index is 644. The van der Waals surface area contributed by atoms with Gasteiger partial charge in [0.15, 0.2) is 0 Å². The molecular weight excluding hydrogens is 323 g/mol. The Labute approximate surface area is 142 Å². The number of aromatic amines is 1. The van der Waals surface area contributed by atoms with Crippen LogP contribution in [0, 0.1) is 18.8 Å². The van der Waals surface area contributed by atoms with Crippen LogP contribution in [0.5, 0.6) is 0 Å². The molecule has 1 fully saturated rings. The lowest BCUT2D eigenvalue weighted by atomic mass is 9.95. The number of carbonyl (C=O) groups is 1. The molecule has 122 valence electrons. The summed E-state index contributed by atoms with van der Waals surface area (Å²) in [7, 11) is 0. The van der Waals surface area contributed by atoms with Crippen molar-refractivity contribution < 1.29 is 4.79 Å². The van der Waals surface area contributed by atoms with Crippen molar-refractivity contribution in [3.05, 3.63) is 24.0 Å². The van der Waals surface area contributed by atoms with E-state index in [-0.39, 0.29) is 36.6 Å². The molecule has 0 saturated heterocycles. The fourth-order valence-electron chi connectivity index (χ4n) is 3.11. The highest BCUT2D eigenvalue weighted by Crippen LogP contribution is 2.32. The van der Waals surface area contributed by atoms with Crippen LogP contribution in [-0.2, 0) is 4.79 Å². The number of hydrogen-bond acceptors (Lipinski definition) is 3. The van der Waals surface area contributed by atoms with Gasteiger partial charge in [-0.2, -0.15) is 0 Å². The molecule has 22 heavy (non-hydrogen) atoms. The number of nitrogens with zero attached hydrogens (tertiary/aromatic N) is 1. The lowest BCUT2D eigenvalue weighted by molar-refractivity contribution is -0.120. The first kappa shape index (κ1) is 18.7. The van der Waals surface area contributed by atoms with Gasteiger partial charge < -0.3 is 16.0 Å². The van der Waals surface area contributed by atoms with E-state index in [9.17, 15) is 4.79 Å². The van der Waals surface area contributed by atoms with Gasteiger partial charge in [-0.3, -0.25) is 4.79 Å². The molecule has 7 heteroatoms. The highest BCUT2D eigenvalue weighted by atomic mass is 35.5. The van der Waals surface area contributed by atoms with Crippen molar-refractivity contribution in [3.8, 4) is 0 Å². The van der Waals surface area contributed by atoms with Gasteiger partial charge in [-0.05, 0) is 50.4 Å². The third kappa shape index (κ3) is 3.72. The third-order valence-electron chi connectivity index (χ3n) is 4.17. The molecule has 1 heterocycles. The van der Waals surface area contributed by atoms with Gasteiger partial charge in [0, 0.05) is 11.6 Å². The Balaban J connectivity index is 0.00000121. The number of amides is 1. The zero-order chi connectivity index (χ0) is 14.1. The molecule has 1 aromatic heterocycles. The number of nitrogens with one attached hydrogen (secondary N) is 2. The molecule has 2 aromatic rings. The molecule has 5 nitrogen and oxygen atoms in total. The van der Waals surface area contributed by atoms with Crippen LogP contribution >= 0.6 is 24.8 Å². The first-order valence-electron chi connectivity index (χ1n) is 7.14. The van der Waals surface area contributed by atoms with E-state index in [4.69, 9.17) is 5.73 Å². The van der Waals surface area contributed by atoms with E-state index in [2.05, 4.69) is 15.3 Å². The monoisotopic (exact) mass is 344 g/mol. The number of benzene rings is 1. The van der Waals surface area contributed by atoms with Crippen LogP contribution in [0.3, 0.4) is 0 Å². The first-order valence-corrected chi connectivity index (χ1v) is 7.14. The molecule has 3 rings (SSSR count). The van der Waals surface area contributed by atoms with Crippen LogP contribution in [0.1, 0.15) is 25.1 Å². The van der Waals surface area contributed by atoms with Gasteiger partial charge in [0.2, 0.25) is 5.91 Å². The average Bonchev–Trinajstić information content (AvgIpc) is 3.02. The number of aryl methyl sites for hydroxylation is 1. The van der Waals surface area contributed by atoms with Gasteiger partial charge in [0.05, 0.1) is 11.0 Å². The molecule has 2 atom stereocenters. The van der Waals surface area contributed by atoms with Gasteiger partial charge in [-0.15, -0.1) is 24.8 Å². The van der Waals surface area contributed by atoms with E-state index >= 15 is 0 Å². The Hall–Kier alpha value is -1.30. The van der Waals surface area contributed by atoms with Crippen molar-refractivity contribution in [1.82, 2.24) is 9.97 Å². The summed E-state index contributed by atoms with van der Waals surface area (Å²) in [6.45, 7) is 2.51. The molecule has 1 aliphatic carbocycles. The Morgan fingerprint density at radius 1 is 1.41 bits per heavy atom. The molecule has 0 radical (unpaired) electrons. The van der Waals surface area contributed by atoms with Crippen LogP contribution in [-0.4, -0.2) is 22.4 Å². The van der Waals surface area contributed by atoms with E-state index in [0.717, 1.165) is 41.8 Å². The van der Waals surface area contributed by atoms with E-state index in [1.807, 2.05) is 25.1 Å². The number of rotatable bonds is 3. The number of nitrogens with two attached hydrogens (primary N) is 1. The first-order chi connectivity index (χ1) is 9.67. The van der Waals surface area contributed by atoms with E-state index < -0.39 is 0 Å². The summed E-state index contributed by atoms with van der Waals surface area (Å²) in [5.41, 5.74) is 8.42. The Kier molecular flexibility index (Phi) is 6.66. The second kappa shape index (κ2) is 7.81. The molecule has 1 amide bonds. The molecule has 1 saturated carbocycles. The zero-order valence-electron chi connectivity index (χ0n) is 12.5. The largest absolute Gasteiger partial charge is 0.342 e. The minimum absolute atomic E-state index is 0. The van der Waals surface area contributed by atoms with Crippen molar-refractivity contribution in [1.29, 1.82) is 0 Å². The predicted molar refractivity (Wildman–Crippen MR) is 93.8 cm³/mol. The maximum atomic E-state index is 12.3. The van der Waals surface area contributed by atoms with Crippen LogP contribution in [0.2, 0.25) is 0 Å². The Morgan fingerprint density at radius 3 is 2.91 bits per heavy atom. The summed E-state index contributed by atoms with van der Waals surface area (Å²) < 4.78 is 0. The number of hydrogen-bond donors (Lipinski definition) is 3. The molecule has 0 spiro atoms. The number of H-pyrrole nitrogens is 1. The normalized spacial score (nSPS) is 20.3. The fourth-order valence-corrected chi connectivity index (χ4v) is 3.11. The molecular formula is C15H22Cl2N4O. The smallest absolute Gasteiger partial charge is 0.227 e. The standard InChI is InChI=1S/C15H20N4O.2ClH/c1-9-17-13-6-5-11(7-14(13)18-9)19-15(20)12-4-2-3-10(12)8-16;;/h5-7,10,12H,2-4,8,16H2,1H3,(H,17,18)(H,19,20);2*1H/t10-,12-;;/m1../s1. The molecule has 1 aromatic carbocycles. The van der Waals surface area contributed by atoms with Gasteiger partial charge in [-0.25, -0.2) is 4.98 Å². The summed E-state index contributed by atoms with van der Waals surface area (Å²) in [6, 6.07) is 5.75. The highest BCUT2D eigenvalue weighted by molar-refractivity contribution is 5.94. The number of imidazole rings is 1. The van der Waals surface area contributed by atoms with Crippen molar-refractivity contribution in [2.45, 2.75) is 26.2 Å². The summed E-state index contributed by atoms with van der Waals surface area (Å²) in [6.07, 6.45) is 3.10. The van der Waals surface area contributed by atoms with Crippen LogP contribution in [0.15, 0.2) is 18.2 Å². The number of carbonyl (C=O) groups excluding carboxylic acids is 1. The van der Waals surface area contributed by atoms with Crippen molar-refractivity contribution in [2.24, 2.45) is 17.6 Å². The minimum Gasteiger partial charge on any atom is -0.342 e. The van der Waals surface area contributed by atoms with Crippen molar-refractivity contribution >= 4 is 47.4 Å². The van der Waals surface area contributed by atoms with Gasteiger partial charge in [-0.1, -0.05) is 6.42 Å². The van der Waals surface area contributed by atoms with Crippen LogP contribution < -0.4 is 11.1 Å². The lowest BCUT2D eigenvalue weighted by Crippen LogP contribution is -2.29. The summed E-state index contributed by atoms with van der Waals surface area (Å²) in [5, 5.41) is 3.01. The van der Waals surface area contributed by atoms with Crippen molar-refractivity contribution in [3.63, 3.8) is 0 Å². The molecule has 0 unspecified atom stereocenters. The maximum absolute atomic E-state index is 12.3. The topological polar surface area (TPSA) is 83.8 Å². The number of anilines is 1. The number of fused-ring (bicyclic) bond motifs is 1. The Morgan fingerprint density at radius 2 is 2.18 bits per heavy atom. The average molecular weight is 345 g/mol. The van der Waals surface area contributed by atoms with Crippen molar-refractivity contribution in [2.75, 3.05) is 11.9 Å². The molecule has 1 aliphatic rings. The fraction of sp³-hybridized carbons (Fsp3) is 0.467. The lowest BCUT2D eigenvalue weighted by Gasteiger charge is -2.17. The van der Waals surface area contributed by atoms with Gasteiger partial charge >= 0.3 is 0 Å². The second-order valence-electron chi connectivity index (χ2n) is 5.58. The van der Waals surface area contributed by atoms with Crippen LogP contribution in [0.4, 0.5) is 5.69 Å². The van der Waals surface area contributed by atoms with Gasteiger partial charge in [0.1, 0.15) is 5.82 Å². The number of aromatic nitrogens is 2. The maximum Gasteiger partial charge on any atom is 0.227 e. The van der Waals surface area contributed by atoms with E-state index in [1.165, 1.54) is 0 Å². The predicted octanol–water partition coefficient (Wildman–Crippen LogP) is 3.03.